The van der Waals surface area contributed by atoms with Gasteiger partial charge in [-0.25, -0.2) is 4.98 Å². The van der Waals surface area contributed by atoms with Crippen LogP contribution in [0.15, 0.2) is 4.21 Å². The Labute approximate surface area is 114 Å². The molecule has 1 aromatic heterocycles. The molecule has 0 aliphatic heterocycles. The molecule has 1 rings (SSSR count). The largest absolute Gasteiger partial charge is 0.369 e. The second kappa shape index (κ2) is 6.72. The van der Waals surface area contributed by atoms with Crippen molar-refractivity contribution in [2.75, 3.05) is 11.1 Å². The quantitative estimate of drug-likeness (QED) is 0.667. The highest BCUT2D eigenvalue weighted by Crippen LogP contribution is 2.31. The molecule has 100 valence electrons. The summed E-state index contributed by atoms with van der Waals surface area (Å²) in [6.07, 6.45) is 0.252. The Kier molecular flexibility index (Phi) is 5.57. The van der Waals surface area contributed by atoms with E-state index in [1.165, 1.54) is 23.1 Å². The maximum Gasteiger partial charge on any atom is 0.227 e. The molecule has 1 unspecified atom stereocenters. The Morgan fingerprint density at radius 1 is 1.56 bits per heavy atom. The molecule has 8 heteroatoms. The first-order valence-corrected chi connectivity index (χ1v) is 7.12. The molecule has 0 saturated heterocycles. The first kappa shape index (κ1) is 14.9. The van der Waals surface area contributed by atoms with Crippen molar-refractivity contribution in [1.29, 1.82) is 0 Å². The number of aryl methyl sites for hydroxylation is 1. The number of carbonyl (C=O) groups excluding carboxylic acids is 2. The van der Waals surface area contributed by atoms with Crippen LogP contribution in [0.2, 0.25) is 0 Å². The number of anilines is 1. The van der Waals surface area contributed by atoms with Crippen molar-refractivity contribution < 1.29 is 9.59 Å². The van der Waals surface area contributed by atoms with E-state index in [9.17, 15) is 9.59 Å². The van der Waals surface area contributed by atoms with E-state index in [0.717, 1.165) is 9.90 Å². The van der Waals surface area contributed by atoms with Crippen molar-refractivity contribution >= 4 is 40.0 Å². The molecule has 5 N–H and O–H groups in total. The van der Waals surface area contributed by atoms with Crippen molar-refractivity contribution in [3.8, 4) is 0 Å². The van der Waals surface area contributed by atoms with E-state index in [2.05, 4.69) is 10.3 Å². The van der Waals surface area contributed by atoms with Crippen LogP contribution >= 0.6 is 23.1 Å². The number of hydrogen-bond donors (Lipinski definition) is 3. The Hall–Kier alpha value is -1.12. The summed E-state index contributed by atoms with van der Waals surface area (Å²) >= 11 is 2.65. The standard InChI is InChI=1S/C10H16N4O2S2/c1-5(11)3-8(16)14-10-13-6(2)9(18-10)17-4-7(12)15/h5H,3-4,11H2,1-2H3,(H2,12,15)(H,13,14,16). The van der Waals surface area contributed by atoms with Gasteiger partial charge in [0, 0.05) is 12.5 Å². The van der Waals surface area contributed by atoms with Crippen LogP contribution in [0, 0.1) is 6.92 Å². The summed E-state index contributed by atoms with van der Waals surface area (Å²) in [6, 6.07) is -0.185. The SMILES string of the molecule is Cc1nc(NC(=O)CC(C)N)sc1SCC(N)=O. The summed E-state index contributed by atoms with van der Waals surface area (Å²) in [5, 5.41) is 3.20. The average molecular weight is 288 g/mol. The van der Waals surface area contributed by atoms with E-state index < -0.39 is 0 Å². The number of nitrogens with one attached hydrogen (secondary N) is 1. The normalized spacial score (nSPS) is 12.2. The van der Waals surface area contributed by atoms with Gasteiger partial charge in [-0.1, -0.05) is 11.3 Å². The minimum absolute atomic E-state index is 0.162. The molecular formula is C10H16N4O2S2. The lowest BCUT2D eigenvalue weighted by molar-refractivity contribution is -0.117. The third-order valence-electron chi connectivity index (χ3n) is 1.85. The van der Waals surface area contributed by atoms with Crippen LogP contribution in [0.25, 0.3) is 0 Å². The molecular weight excluding hydrogens is 272 g/mol. The van der Waals surface area contributed by atoms with E-state index >= 15 is 0 Å². The minimum Gasteiger partial charge on any atom is -0.369 e. The second-order valence-electron chi connectivity index (χ2n) is 3.88. The van der Waals surface area contributed by atoms with Gasteiger partial charge in [0.1, 0.15) is 0 Å². The summed E-state index contributed by atoms with van der Waals surface area (Å²) in [4.78, 5) is 26.4. The zero-order valence-electron chi connectivity index (χ0n) is 10.2. The smallest absolute Gasteiger partial charge is 0.227 e. The number of aromatic nitrogens is 1. The fourth-order valence-electron chi connectivity index (χ4n) is 1.17. The fourth-order valence-corrected chi connectivity index (χ4v) is 3.06. The number of nitrogens with two attached hydrogens (primary N) is 2. The highest BCUT2D eigenvalue weighted by molar-refractivity contribution is 8.01. The van der Waals surface area contributed by atoms with Gasteiger partial charge in [-0.2, -0.15) is 0 Å². The number of rotatable bonds is 6. The predicted molar refractivity (Wildman–Crippen MR) is 73.7 cm³/mol. The van der Waals surface area contributed by atoms with Crippen molar-refractivity contribution in [2.45, 2.75) is 30.5 Å². The van der Waals surface area contributed by atoms with Crippen molar-refractivity contribution in [3.63, 3.8) is 0 Å². The van der Waals surface area contributed by atoms with Crippen LogP contribution in [-0.4, -0.2) is 28.6 Å². The third-order valence-corrected chi connectivity index (χ3v) is 4.31. The van der Waals surface area contributed by atoms with Gasteiger partial charge in [0.05, 0.1) is 15.7 Å². The van der Waals surface area contributed by atoms with Gasteiger partial charge in [-0.15, -0.1) is 11.8 Å². The van der Waals surface area contributed by atoms with E-state index in [1.54, 1.807) is 6.92 Å². The average Bonchev–Trinajstić information content (AvgIpc) is 2.54. The summed E-state index contributed by atoms with van der Waals surface area (Å²) in [7, 11) is 0. The molecule has 0 spiro atoms. The Bertz CT molecular complexity index is 445. The van der Waals surface area contributed by atoms with Crippen molar-refractivity contribution in [1.82, 2.24) is 4.98 Å². The third kappa shape index (κ3) is 5.03. The van der Waals surface area contributed by atoms with Gasteiger partial charge in [0.15, 0.2) is 5.13 Å². The number of carbonyl (C=O) groups is 2. The van der Waals surface area contributed by atoms with Crippen molar-refractivity contribution in [2.24, 2.45) is 11.5 Å². The molecule has 18 heavy (non-hydrogen) atoms. The number of amides is 2. The zero-order chi connectivity index (χ0) is 13.7. The molecule has 6 nitrogen and oxygen atoms in total. The van der Waals surface area contributed by atoms with Gasteiger partial charge in [-0.05, 0) is 13.8 Å². The fraction of sp³-hybridized carbons (Fsp3) is 0.500. The van der Waals surface area contributed by atoms with Crippen LogP contribution < -0.4 is 16.8 Å². The van der Waals surface area contributed by atoms with Gasteiger partial charge in [0.25, 0.3) is 0 Å². The Morgan fingerprint density at radius 3 is 2.78 bits per heavy atom. The van der Waals surface area contributed by atoms with E-state index in [4.69, 9.17) is 11.5 Å². The topological polar surface area (TPSA) is 111 Å². The van der Waals surface area contributed by atoms with Crippen LogP contribution in [0.1, 0.15) is 19.0 Å². The highest BCUT2D eigenvalue weighted by atomic mass is 32.2. The monoisotopic (exact) mass is 288 g/mol. The van der Waals surface area contributed by atoms with Crippen LogP contribution in [-0.2, 0) is 9.59 Å². The Balaban J connectivity index is 2.60. The minimum atomic E-state index is -0.379. The number of primary amides is 1. The number of thiazole rings is 1. The first-order valence-electron chi connectivity index (χ1n) is 5.32. The molecule has 1 heterocycles. The maximum atomic E-state index is 11.5. The highest BCUT2D eigenvalue weighted by Gasteiger charge is 2.12. The molecule has 0 aliphatic carbocycles. The Morgan fingerprint density at radius 2 is 2.22 bits per heavy atom. The lowest BCUT2D eigenvalue weighted by atomic mass is 10.2. The van der Waals surface area contributed by atoms with Gasteiger partial charge in [0.2, 0.25) is 11.8 Å². The van der Waals surface area contributed by atoms with Gasteiger partial charge >= 0.3 is 0 Å². The number of nitrogens with zero attached hydrogens (tertiary/aromatic N) is 1. The van der Waals surface area contributed by atoms with Crippen LogP contribution in [0.5, 0.6) is 0 Å². The molecule has 0 saturated carbocycles. The number of hydrogen-bond acceptors (Lipinski definition) is 6. The predicted octanol–water partition coefficient (Wildman–Crippen LogP) is 0.705. The summed E-state index contributed by atoms with van der Waals surface area (Å²) in [5.74, 6) is -0.337. The molecule has 0 aromatic carbocycles. The lowest BCUT2D eigenvalue weighted by Crippen LogP contribution is -2.23. The van der Waals surface area contributed by atoms with Crippen molar-refractivity contribution in [3.05, 3.63) is 5.69 Å². The molecule has 1 atom stereocenters. The molecule has 1 aromatic rings. The van der Waals surface area contributed by atoms with Gasteiger partial charge in [-0.3, -0.25) is 9.59 Å². The maximum absolute atomic E-state index is 11.5. The van der Waals surface area contributed by atoms with E-state index in [0.29, 0.717) is 5.13 Å². The summed E-state index contributed by atoms with van der Waals surface area (Å²) in [5.41, 5.74) is 11.4. The van der Waals surface area contributed by atoms with E-state index in [-0.39, 0.29) is 30.0 Å². The van der Waals surface area contributed by atoms with Crippen LogP contribution in [0.4, 0.5) is 5.13 Å². The molecule has 2 amide bonds. The van der Waals surface area contributed by atoms with Gasteiger partial charge < -0.3 is 16.8 Å². The first-order chi connectivity index (χ1) is 8.38. The second-order valence-corrected chi connectivity index (χ2v) is 6.12. The molecule has 0 aliphatic rings. The van der Waals surface area contributed by atoms with Crippen LogP contribution in [0.3, 0.4) is 0 Å². The molecule has 0 fully saturated rings. The molecule has 0 bridgehead atoms. The zero-order valence-corrected chi connectivity index (χ0v) is 11.9. The van der Waals surface area contributed by atoms with E-state index in [1.807, 2.05) is 6.92 Å². The lowest BCUT2D eigenvalue weighted by Gasteiger charge is -2.03. The summed E-state index contributed by atoms with van der Waals surface area (Å²) in [6.45, 7) is 3.59. The summed E-state index contributed by atoms with van der Waals surface area (Å²) < 4.78 is 0.880. The molecule has 0 radical (unpaired) electrons. The number of thioether (sulfide) groups is 1.